The molecule has 1 aromatic carbocycles. The van der Waals surface area contributed by atoms with Gasteiger partial charge in [-0.15, -0.1) is 5.73 Å². The molecule has 20 heavy (non-hydrogen) atoms. The third-order valence-corrected chi connectivity index (χ3v) is 8.10. The molecule has 0 N–H and O–H groups in total. The minimum absolute atomic E-state index is 0.0121. The Morgan fingerprint density at radius 2 is 1.85 bits per heavy atom. The lowest BCUT2D eigenvalue weighted by Crippen LogP contribution is -2.43. The van der Waals surface area contributed by atoms with Crippen molar-refractivity contribution in [3.05, 3.63) is 48.2 Å². The molecule has 0 atom stereocenters. The summed E-state index contributed by atoms with van der Waals surface area (Å²) < 4.78 is 6.20. The van der Waals surface area contributed by atoms with Gasteiger partial charge in [0.1, 0.15) is 5.75 Å². The number of allylic oxidation sites excluding steroid dienone is 1. The zero-order valence-electron chi connectivity index (χ0n) is 13.1. The second kappa shape index (κ2) is 6.25. The summed E-state index contributed by atoms with van der Waals surface area (Å²) in [6.45, 7) is 14.5. The summed E-state index contributed by atoms with van der Waals surface area (Å²) in [4.78, 5) is 11.5. The minimum atomic E-state index is -1.80. The van der Waals surface area contributed by atoms with Crippen molar-refractivity contribution in [2.24, 2.45) is 0 Å². The van der Waals surface area contributed by atoms with Gasteiger partial charge in [0.2, 0.25) is 8.32 Å². The fourth-order valence-corrected chi connectivity index (χ4v) is 2.52. The van der Waals surface area contributed by atoms with Gasteiger partial charge in [0.05, 0.1) is 0 Å². The molecule has 0 aromatic heterocycles. The Morgan fingerprint density at radius 1 is 1.30 bits per heavy atom. The molecule has 0 aliphatic rings. The smallest absolute Gasteiger partial charge is 0.250 e. The predicted molar refractivity (Wildman–Crippen MR) is 86.7 cm³/mol. The van der Waals surface area contributed by atoms with Crippen LogP contribution in [0.3, 0.4) is 0 Å². The van der Waals surface area contributed by atoms with Crippen molar-refractivity contribution in [1.29, 1.82) is 0 Å². The SMILES string of the molecule is C=C=CC(=O)Cc1ccc(O[Si](C)(C)C(C)(C)C)cc1. The van der Waals surface area contributed by atoms with Gasteiger partial charge >= 0.3 is 0 Å². The Balaban J connectivity index is 2.77. The van der Waals surface area contributed by atoms with Crippen molar-refractivity contribution in [1.82, 2.24) is 0 Å². The molecule has 1 aromatic rings. The molecule has 0 heterocycles. The number of rotatable bonds is 5. The van der Waals surface area contributed by atoms with Gasteiger partial charge in [-0.25, -0.2) is 0 Å². The number of ketones is 1. The van der Waals surface area contributed by atoms with Crippen LogP contribution in [0, 0.1) is 0 Å². The highest BCUT2D eigenvalue weighted by molar-refractivity contribution is 6.74. The lowest BCUT2D eigenvalue weighted by atomic mass is 10.1. The Morgan fingerprint density at radius 3 is 2.30 bits per heavy atom. The van der Waals surface area contributed by atoms with Crippen LogP contribution in [0.5, 0.6) is 5.75 Å². The molecule has 0 unspecified atom stereocenters. The van der Waals surface area contributed by atoms with Crippen molar-refractivity contribution in [3.63, 3.8) is 0 Å². The molecule has 108 valence electrons. The fourth-order valence-electron chi connectivity index (χ4n) is 1.49. The maximum atomic E-state index is 11.5. The lowest BCUT2D eigenvalue weighted by molar-refractivity contribution is -0.114. The summed E-state index contributed by atoms with van der Waals surface area (Å²) in [6, 6.07) is 7.77. The van der Waals surface area contributed by atoms with Gasteiger partial charge in [0, 0.05) is 12.5 Å². The van der Waals surface area contributed by atoms with Crippen LogP contribution in [-0.4, -0.2) is 14.1 Å². The van der Waals surface area contributed by atoms with Gasteiger partial charge in [0.25, 0.3) is 0 Å². The van der Waals surface area contributed by atoms with Crippen LogP contribution in [0.4, 0.5) is 0 Å². The van der Waals surface area contributed by atoms with E-state index in [1.165, 1.54) is 6.08 Å². The first-order chi connectivity index (χ1) is 9.15. The molecule has 1 rings (SSSR count). The van der Waals surface area contributed by atoms with Crippen molar-refractivity contribution >= 4 is 14.1 Å². The van der Waals surface area contributed by atoms with E-state index in [1.54, 1.807) is 0 Å². The number of carbonyl (C=O) groups is 1. The summed E-state index contributed by atoms with van der Waals surface area (Å²) in [5.41, 5.74) is 3.48. The van der Waals surface area contributed by atoms with Crippen LogP contribution in [0.1, 0.15) is 26.3 Å². The number of hydrogen-bond acceptors (Lipinski definition) is 2. The third kappa shape index (κ3) is 4.51. The summed E-state index contributed by atoms with van der Waals surface area (Å²) >= 11 is 0. The first-order valence-electron chi connectivity index (χ1n) is 6.82. The molecule has 0 radical (unpaired) electrons. The van der Waals surface area contributed by atoms with E-state index < -0.39 is 8.32 Å². The summed E-state index contributed by atoms with van der Waals surface area (Å²) in [6.07, 6.45) is 1.75. The zero-order chi connectivity index (χ0) is 15.4. The zero-order valence-corrected chi connectivity index (χ0v) is 14.1. The highest BCUT2D eigenvalue weighted by Crippen LogP contribution is 2.37. The molecule has 0 bridgehead atoms. The van der Waals surface area contributed by atoms with Crippen LogP contribution < -0.4 is 4.43 Å². The lowest BCUT2D eigenvalue weighted by Gasteiger charge is -2.36. The minimum Gasteiger partial charge on any atom is -0.544 e. The molecule has 2 nitrogen and oxygen atoms in total. The average Bonchev–Trinajstić information content (AvgIpc) is 2.30. The molecule has 0 saturated carbocycles. The van der Waals surface area contributed by atoms with Gasteiger partial charge in [-0.2, -0.15) is 0 Å². The Hall–Kier alpha value is -1.57. The van der Waals surface area contributed by atoms with Crippen molar-refractivity contribution in [3.8, 4) is 5.75 Å². The molecule has 0 spiro atoms. The van der Waals surface area contributed by atoms with Gasteiger partial charge in [-0.05, 0) is 35.8 Å². The number of benzene rings is 1. The van der Waals surface area contributed by atoms with E-state index in [0.29, 0.717) is 6.42 Å². The standard InChI is InChI=1S/C17H24O2Si/c1-7-8-15(18)13-14-9-11-16(12-10-14)19-20(5,6)17(2,3)4/h8-12H,1,13H2,2-6H3. The van der Waals surface area contributed by atoms with E-state index in [-0.39, 0.29) is 10.8 Å². The highest BCUT2D eigenvalue weighted by atomic mass is 28.4. The Labute approximate surface area is 123 Å². The van der Waals surface area contributed by atoms with Crippen LogP contribution in [0.25, 0.3) is 0 Å². The molecule has 0 fully saturated rings. The molecule has 3 heteroatoms. The Bertz CT molecular complexity index is 515. The quantitative estimate of drug-likeness (QED) is 0.452. The maximum Gasteiger partial charge on any atom is 0.250 e. The number of hydrogen-bond donors (Lipinski definition) is 0. The van der Waals surface area contributed by atoms with Crippen LogP contribution >= 0.6 is 0 Å². The first-order valence-corrected chi connectivity index (χ1v) is 9.73. The number of carbonyl (C=O) groups excluding carboxylic acids is 1. The summed E-state index contributed by atoms with van der Waals surface area (Å²) in [7, 11) is -1.80. The normalized spacial score (nSPS) is 11.7. The van der Waals surface area contributed by atoms with E-state index in [9.17, 15) is 4.79 Å². The molecule has 0 amide bonds. The second-order valence-electron chi connectivity index (χ2n) is 6.50. The topological polar surface area (TPSA) is 26.3 Å². The van der Waals surface area contributed by atoms with Crippen LogP contribution in [-0.2, 0) is 11.2 Å². The van der Waals surface area contributed by atoms with E-state index in [4.69, 9.17) is 4.43 Å². The average molecular weight is 288 g/mol. The largest absolute Gasteiger partial charge is 0.544 e. The second-order valence-corrected chi connectivity index (χ2v) is 11.2. The predicted octanol–water partition coefficient (Wildman–Crippen LogP) is 4.52. The Kier molecular flexibility index (Phi) is 5.15. The fraction of sp³-hybridized carbons (Fsp3) is 0.412. The highest BCUT2D eigenvalue weighted by Gasteiger charge is 2.38. The summed E-state index contributed by atoms with van der Waals surface area (Å²) in [5, 5.41) is 0.177. The third-order valence-electron chi connectivity index (χ3n) is 3.74. The van der Waals surface area contributed by atoms with Gasteiger partial charge in [-0.3, -0.25) is 4.79 Å². The van der Waals surface area contributed by atoms with E-state index >= 15 is 0 Å². The van der Waals surface area contributed by atoms with Crippen LogP contribution in [0.15, 0.2) is 42.7 Å². The van der Waals surface area contributed by atoms with E-state index in [0.717, 1.165) is 11.3 Å². The molecule has 0 aliphatic carbocycles. The molecular weight excluding hydrogens is 264 g/mol. The van der Waals surface area contributed by atoms with E-state index in [2.05, 4.69) is 46.2 Å². The van der Waals surface area contributed by atoms with E-state index in [1.807, 2.05) is 24.3 Å². The van der Waals surface area contributed by atoms with Gasteiger partial charge in [0.15, 0.2) is 5.78 Å². The summed E-state index contributed by atoms with van der Waals surface area (Å²) in [5.74, 6) is 0.894. The first kappa shape index (κ1) is 16.5. The van der Waals surface area contributed by atoms with Crippen molar-refractivity contribution in [2.45, 2.75) is 45.3 Å². The molecule has 0 saturated heterocycles. The van der Waals surface area contributed by atoms with Crippen molar-refractivity contribution < 1.29 is 9.22 Å². The maximum absolute atomic E-state index is 11.5. The monoisotopic (exact) mass is 288 g/mol. The van der Waals surface area contributed by atoms with Crippen LogP contribution in [0.2, 0.25) is 18.1 Å². The van der Waals surface area contributed by atoms with Crippen molar-refractivity contribution in [2.75, 3.05) is 0 Å². The van der Waals surface area contributed by atoms with Gasteiger partial charge < -0.3 is 4.43 Å². The molecular formula is C17H24O2Si. The molecule has 0 aliphatic heterocycles. The van der Waals surface area contributed by atoms with Gasteiger partial charge in [-0.1, -0.05) is 39.5 Å².